The first-order chi connectivity index (χ1) is 7.89. The zero-order valence-corrected chi connectivity index (χ0v) is 10.6. The SMILES string of the molecule is CC(O)CCCNc1ccc(S(N)(=O)=O)cc1. The number of nitrogens with two attached hydrogens (primary N) is 1. The Bertz CT molecular complexity index is 440. The summed E-state index contributed by atoms with van der Waals surface area (Å²) in [5.74, 6) is 0. The molecule has 5 nitrogen and oxygen atoms in total. The van der Waals surface area contributed by atoms with Crippen molar-refractivity contribution in [3.05, 3.63) is 24.3 Å². The Hall–Kier alpha value is -1.11. The number of sulfonamides is 1. The predicted molar refractivity (Wildman–Crippen MR) is 67.2 cm³/mol. The van der Waals surface area contributed by atoms with Crippen LogP contribution in [0.5, 0.6) is 0 Å². The summed E-state index contributed by atoms with van der Waals surface area (Å²) < 4.78 is 22.0. The lowest BCUT2D eigenvalue weighted by Gasteiger charge is -2.08. The maximum atomic E-state index is 11.0. The average Bonchev–Trinajstić information content (AvgIpc) is 2.23. The van der Waals surface area contributed by atoms with Gasteiger partial charge in [-0.1, -0.05) is 0 Å². The molecule has 0 aliphatic carbocycles. The van der Waals surface area contributed by atoms with Crippen LogP contribution in [0.25, 0.3) is 0 Å². The first kappa shape index (κ1) is 14.0. The summed E-state index contributed by atoms with van der Waals surface area (Å²) in [4.78, 5) is 0.104. The van der Waals surface area contributed by atoms with Gasteiger partial charge < -0.3 is 10.4 Å². The van der Waals surface area contributed by atoms with Crippen molar-refractivity contribution < 1.29 is 13.5 Å². The minimum Gasteiger partial charge on any atom is -0.393 e. The van der Waals surface area contributed by atoms with E-state index in [1.807, 2.05) is 0 Å². The molecule has 0 aliphatic rings. The third-order valence-corrected chi connectivity index (χ3v) is 3.24. The molecule has 0 saturated heterocycles. The molecule has 0 amide bonds. The van der Waals surface area contributed by atoms with Crippen LogP contribution in [0.4, 0.5) is 5.69 Å². The molecule has 0 bridgehead atoms. The first-order valence-electron chi connectivity index (χ1n) is 5.44. The molecule has 0 saturated carbocycles. The summed E-state index contributed by atoms with van der Waals surface area (Å²) in [7, 11) is -3.62. The highest BCUT2D eigenvalue weighted by atomic mass is 32.2. The number of nitrogens with one attached hydrogen (secondary N) is 1. The molecule has 0 spiro atoms. The van der Waals surface area contributed by atoms with Crippen molar-refractivity contribution >= 4 is 15.7 Å². The lowest BCUT2D eigenvalue weighted by molar-refractivity contribution is 0.183. The summed E-state index contributed by atoms with van der Waals surface area (Å²) in [5, 5.41) is 17.2. The first-order valence-corrected chi connectivity index (χ1v) is 6.99. The predicted octanol–water partition coefficient (Wildman–Crippen LogP) is 0.907. The molecule has 6 heteroatoms. The Morgan fingerprint density at radius 1 is 1.35 bits per heavy atom. The molecule has 0 radical (unpaired) electrons. The van der Waals surface area contributed by atoms with E-state index in [1.165, 1.54) is 12.1 Å². The van der Waals surface area contributed by atoms with Crippen LogP contribution in [0.1, 0.15) is 19.8 Å². The van der Waals surface area contributed by atoms with Gasteiger partial charge in [-0.15, -0.1) is 0 Å². The second-order valence-corrected chi connectivity index (χ2v) is 5.55. The molecule has 17 heavy (non-hydrogen) atoms. The maximum Gasteiger partial charge on any atom is 0.238 e. The van der Waals surface area contributed by atoms with Gasteiger partial charge in [0.15, 0.2) is 0 Å². The molecule has 4 N–H and O–H groups in total. The van der Waals surface area contributed by atoms with E-state index in [0.717, 1.165) is 25.1 Å². The highest BCUT2D eigenvalue weighted by Crippen LogP contribution is 2.12. The Morgan fingerprint density at radius 2 is 1.94 bits per heavy atom. The number of aliphatic hydroxyl groups is 1. The second-order valence-electron chi connectivity index (χ2n) is 3.99. The largest absolute Gasteiger partial charge is 0.393 e. The average molecular weight is 258 g/mol. The monoisotopic (exact) mass is 258 g/mol. The van der Waals surface area contributed by atoms with Crippen LogP contribution >= 0.6 is 0 Å². The van der Waals surface area contributed by atoms with Gasteiger partial charge in [0, 0.05) is 12.2 Å². The zero-order valence-electron chi connectivity index (χ0n) is 9.76. The lowest BCUT2D eigenvalue weighted by Crippen LogP contribution is -2.12. The van der Waals surface area contributed by atoms with Crippen molar-refractivity contribution in [1.29, 1.82) is 0 Å². The lowest BCUT2D eigenvalue weighted by atomic mass is 10.2. The highest BCUT2D eigenvalue weighted by Gasteiger charge is 2.06. The van der Waals surface area contributed by atoms with Crippen LogP contribution in [0.2, 0.25) is 0 Å². The van der Waals surface area contributed by atoms with Crippen LogP contribution in [0.3, 0.4) is 0 Å². The molecule has 1 aromatic carbocycles. The summed E-state index contributed by atoms with van der Waals surface area (Å²) >= 11 is 0. The minimum atomic E-state index is -3.62. The fourth-order valence-corrected chi connectivity index (χ4v) is 1.91. The molecule has 0 aromatic heterocycles. The Labute approximate surface area is 102 Å². The van der Waals surface area contributed by atoms with E-state index in [9.17, 15) is 8.42 Å². The normalized spacial score (nSPS) is 13.4. The van der Waals surface area contributed by atoms with E-state index in [1.54, 1.807) is 19.1 Å². The molecule has 0 fully saturated rings. The number of rotatable bonds is 6. The van der Waals surface area contributed by atoms with E-state index in [2.05, 4.69) is 5.32 Å². The number of anilines is 1. The van der Waals surface area contributed by atoms with E-state index in [0.29, 0.717) is 0 Å². The topological polar surface area (TPSA) is 92.4 Å². The van der Waals surface area contributed by atoms with E-state index < -0.39 is 10.0 Å². The van der Waals surface area contributed by atoms with Gasteiger partial charge in [0.2, 0.25) is 10.0 Å². The van der Waals surface area contributed by atoms with Crippen LogP contribution in [-0.4, -0.2) is 26.2 Å². The van der Waals surface area contributed by atoms with Crippen molar-refractivity contribution in [3.8, 4) is 0 Å². The molecule has 1 aromatic rings. The van der Waals surface area contributed by atoms with Crippen LogP contribution in [0.15, 0.2) is 29.2 Å². The number of benzene rings is 1. The van der Waals surface area contributed by atoms with Gasteiger partial charge in [0.25, 0.3) is 0 Å². The highest BCUT2D eigenvalue weighted by molar-refractivity contribution is 7.89. The smallest absolute Gasteiger partial charge is 0.238 e. The fourth-order valence-electron chi connectivity index (χ4n) is 1.39. The molecule has 1 rings (SSSR count). The van der Waals surface area contributed by atoms with Gasteiger partial charge in [0.1, 0.15) is 0 Å². The Morgan fingerprint density at radius 3 is 2.41 bits per heavy atom. The molecule has 0 heterocycles. The number of aliphatic hydroxyl groups excluding tert-OH is 1. The minimum absolute atomic E-state index is 0.104. The molecule has 96 valence electrons. The van der Waals surface area contributed by atoms with Crippen LogP contribution in [-0.2, 0) is 10.0 Å². The molecular formula is C11H18N2O3S. The van der Waals surface area contributed by atoms with Crippen LogP contribution < -0.4 is 10.5 Å². The van der Waals surface area contributed by atoms with Crippen molar-refractivity contribution in [2.75, 3.05) is 11.9 Å². The van der Waals surface area contributed by atoms with E-state index in [4.69, 9.17) is 10.2 Å². The van der Waals surface area contributed by atoms with Gasteiger partial charge >= 0.3 is 0 Å². The summed E-state index contributed by atoms with van der Waals surface area (Å²) in [6.45, 7) is 2.49. The van der Waals surface area contributed by atoms with Gasteiger partial charge in [-0.25, -0.2) is 13.6 Å². The van der Waals surface area contributed by atoms with Gasteiger partial charge in [-0.05, 0) is 44.0 Å². The van der Waals surface area contributed by atoms with Crippen molar-refractivity contribution in [3.63, 3.8) is 0 Å². The van der Waals surface area contributed by atoms with Gasteiger partial charge in [-0.3, -0.25) is 0 Å². The van der Waals surface area contributed by atoms with Crippen LogP contribution in [0, 0.1) is 0 Å². The molecule has 1 atom stereocenters. The maximum absolute atomic E-state index is 11.0. The third kappa shape index (κ3) is 5.16. The number of hydrogen-bond donors (Lipinski definition) is 3. The standard InChI is InChI=1S/C11H18N2O3S/c1-9(14)3-2-8-13-10-4-6-11(7-5-10)17(12,15)16/h4-7,9,13-14H,2-3,8H2,1H3,(H2,12,15,16). The molecule has 1 unspecified atom stereocenters. The van der Waals surface area contributed by atoms with Gasteiger partial charge in [0.05, 0.1) is 11.0 Å². The molecular weight excluding hydrogens is 240 g/mol. The van der Waals surface area contributed by atoms with E-state index in [-0.39, 0.29) is 11.0 Å². The second kappa shape index (κ2) is 6.00. The number of hydrogen-bond acceptors (Lipinski definition) is 4. The summed E-state index contributed by atoms with van der Waals surface area (Å²) in [6, 6.07) is 6.27. The summed E-state index contributed by atoms with van der Waals surface area (Å²) in [5.41, 5.74) is 0.836. The van der Waals surface area contributed by atoms with Gasteiger partial charge in [-0.2, -0.15) is 0 Å². The number of primary sulfonamides is 1. The molecule has 0 aliphatic heterocycles. The third-order valence-electron chi connectivity index (χ3n) is 2.31. The fraction of sp³-hybridized carbons (Fsp3) is 0.455. The van der Waals surface area contributed by atoms with E-state index >= 15 is 0 Å². The zero-order chi connectivity index (χ0) is 12.9. The van der Waals surface area contributed by atoms with Crippen molar-refractivity contribution in [1.82, 2.24) is 0 Å². The Kier molecular flexibility index (Phi) is 4.92. The Balaban J connectivity index is 2.46. The van der Waals surface area contributed by atoms with Crippen molar-refractivity contribution in [2.24, 2.45) is 5.14 Å². The van der Waals surface area contributed by atoms with Crippen molar-refractivity contribution in [2.45, 2.75) is 30.8 Å². The quantitative estimate of drug-likeness (QED) is 0.661. The summed E-state index contributed by atoms with van der Waals surface area (Å²) in [6.07, 6.45) is 1.30.